The Kier molecular flexibility index (Phi) is 4.36. The fraction of sp³-hybridized carbons (Fsp3) is 0. The van der Waals surface area contributed by atoms with Crippen LogP contribution in [0.25, 0.3) is 110 Å². The summed E-state index contributed by atoms with van der Waals surface area (Å²) in [6.07, 6.45) is 0. The summed E-state index contributed by atoms with van der Waals surface area (Å²) in [5.41, 5.74) is 4.86. The lowest BCUT2D eigenvalue weighted by molar-refractivity contribution is 0.669. The highest BCUT2D eigenvalue weighted by Gasteiger charge is 2.19. The zero-order chi connectivity index (χ0) is 46.2. The highest BCUT2D eigenvalue weighted by molar-refractivity contribution is 6.24. The minimum absolute atomic E-state index is 0.0765. The van der Waals surface area contributed by atoms with Gasteiger partial charge in [0.2, 0.25) is 0 Å². The number of hydrogen-bond donors (Lipinski definition) is 0. The fourth-order valence-corrected chi connectivity index (χ4v) is 7.88. The number of fused-ring (bicyclic) bond motifs is 7. The van der Waals surface area contributed by atoms with E-state index in [-0.39, 0.29) is 32.7 Å². The summed E-state index contributed by atoms with van der Waals surface area (Å²) < 4.78 is 122. The molecule has 0 aliphatic carbocycles. The molecule has 1 nitrogen and oxygen atoms in total. The third kappa shape index (κ3) is 4.64. The van der Waals surface area contributed by atoms with Crippen molar-refractivity contribution >= 4 is 65.0 Å². The number of rotatable bonds is 4. The summed E-state index contributed by atoms with van der Waals surface area (Å²) in [5.74, 6) is 0. The Labute approximate surface area is 325 Å². The van der Waals surface area contributed by atoms with Crippen molar-refractivity contribution in [2.75, 3.05) is 0 Å². The number of furan rings is 1. The largest absolute Gasteiger partial charge is 0.456 e. The molecule has 0 aliphatic rings. The molecule has 0 bridgehead atoms. The van der Waals surface area contributed by atoms with Gasteiger partial charge in [-0.05, 0) is 112 Å². The van der Waals surface area contributed by atoms with Crippen LogP contribution in [0.15, 0.2) is 198 Å². The molecule has 10 aromatic carbocycles. The maximum Gasteiger partial charge on any atom is 0.136 e. The molecule has 0 atom stereocenters. The number of hydrogen-bond acceptors (Lipinski definition) is 1. The van der Waals surface area contributed by atoms with Gasteiger partial charge in [-0.15, -0.1) is 0 Å². The van der Waals surface area contributed by atoms with Gasteiger partial charge < -0.3 is 4.42 Å². The van der Waals surface area contributed by atoms with Crippen molar-refractivity contribution in [3.8, 4) is 44.5 Å². The molecule has 0 unspecified atom stereocenters. The average Bonchev–Trinajstić information content (AvgIpc) is 3.71. The maximum absolute atomic E-state index is 9.41. The van der Waals surface area contributed by atoms with Gasteiger partial charge in [-0.3, -0.25) is 0 Å². The van der Waals surface area contributed by atoms with Gasteiger partial charge in [-0.25, -0.2) is 0 Å². The van der Waals surface area contributed by atoms with Crippen LogP contribution in [0, 0.1) is 0 Å². The van der Waals surface area contributed by atoms with Gasteiger partial charge in [0.1, 0.15) is 11.2 Å². The summed E-state index contributed by atoms with van der Waals surface area (Å²) in [7, 11) is 0. The van der Waals surface area contributed by atoms with Crippen molar-refractivity contribution in [1.82, 2.24) is 0 Å². The Balaban J connectivity index is 1.19. The van der Waals surface area contributed by atoms with Crippen LogP contribution in [0.3, 0.4) is 0 Å². The van der Waals surface area contributed by atoms with E-state index in [2.05, 4.69) is 42.5 Å². The zero-order valence-corrected chi connectivity index (χ0v) is 27.9. The normalized spacial score (nSPS) is 15.2. The lowest BCUT2D eigenvalue weighted by Gasteiger charge is -2.19. The third-order valence-corrected chi connectivity index (χ3v) is 10.2. The van der Waals surface area contributed by atoms with Gasteiger partial charge in [-0.1, -0.05) is 170 Å². The Bertz CT molecular complexity index is 3870. The molecular weight excluding hydrogens is 641 g/mol. The highest BCUT2D eigenvalue weighted by atomic mass is 16.3. The molecular formula is C52H32O. The average molecular weight is 686 g/mol. The zero-order valence-electron chi connectivity index (χ0n) is 40.9. The maximum atomic E-state index is 9.41. The molecule has 0 spiro atoms. The predicted molar refractivity (Wildman–Crippen MR) is 225 cm³/mol. The smallest absolute Gasteiger partial charge is 0.136 e. The summed E-state index contributed by atoms with van der Waals surface area (Å²) >= 11 is 0. The van der Waals surface area contributed by atoms with Crippen LogP contribution < -0.4 is 0 Å². The summed E-state index contributed by atoms with van der Waals surface area (Å²) in [6.45, 7) is 0. The minimum Gasteiger partial charge on any atom is -0.456 e. The second kappa shape index (κ2) is 11.8. The molecule has 11 rings (SSSR count). The summed E-state index contributed by atoms with van der Waals surface area (Å²) in [4.78, 5) is 0. The topological polar surface area (TPSA) is 13.1 Å². The molecule has 0 aliphatic heterocycles. The first-order valence-corrected chi connectivity index (χ1v) is 17.2. The Morgan fingerprint density at radius 1 is 0.321 bits per heavy atom. The van der Waals surface area contributed by atoms with Crippen molar-refractivity contribution in [2.24, 2.45) is 0 Å². The molecule has 246 valence electrons. The van der Waals surface area contributed by atoms with E-state index in [1.807, 2.05) is 66.7 Å². The lowest BCUT2D eigenvalue weighted by atomic mass is 9.84. The second-order valence-electron chi connectivity index (χ2n) is 13.0. The molecule has 0 radical (unpaired) electrons. The molecule has 0 fully saturated rings. The van der Waals surface area contributed by atoms with E-state index in [1.165, 1.54) is 0 Å². The van der Waals surface area contributed by atoms with Gasteiger partial charge in [0, 0.05) is 10.8 Å². The van der Waals surface area contributed by atoms with Crippen LogP contribution in [-0.2, 0) is 0 Å². The third-order valence-electron chi connectivity index (χ3n) is 10.2. The first-order chi connectivity index (χ1) is 31.7. The van der Waals surface area contributed by atoms with Crippen molar-refractivity contribution < 1.29 is 22.2 Å². The summed E-state index contributed by atoms with van der Waals surface area (Å²) in [5, 5.41) is 4.73. The first kappa shape index (κ1) is 19.6. The summed E-state index contributed by atoms with van der Waals surface area (Å²) in [6, 6.07) is 29.4. The quantitative estimate of drug-likeness (QED) is 0.168. The Morgan fingerprint density at radius 3 is 1.64 bits per heavy atom. The molecule has 1 heteroatoms. The van der Waals surface area contributed by atoms with E-state index in [1.54, 1.807) is 6.07 Å². The predicted octanol–water partition coefficient (Wildman–Crippen LogP) is 14.9. The van der Waals surface area contributed by atoms with Crippen molar-refractivity contribution in [3.05, 3.63) is 194 Å². The molecule has 1 aromatic heterocycles. The molecule has 53 heavy (non-hydrogen) atoms. The minimum atomic E-state index is -0.717. The SMILES string of the molecule is [2H]c1c([2H])c([2H])c(-c2c3c([2H])c([2H])c([2H])c([2H])c3c(-c3ccc(-c4ccc5c(c4)oc4ccc(-c6cccc7ccccc67)cc45)c4ccccc34)c3c([2H])c([2H])c([2H])c([2H])c23)c([2H])c1[2H]. The van der Waals surface area contributed by atoms with Crippen molar-refractivity contribution in [1.29, 1.82) is 0 Å². The lowest BCUT2D eigenvalue weighted by Crippen LogP contribution is -1.92. The van der Waals surface area contributed by atoms with E-state index in [0.29, 0.717) is 16.5 Å². The van der Waals surface area contributed by atoms with E-state index < -0.39 is 84.1 Å². The molecule has 0 N–H and O–H groups in total. The van der Waals surface area contributed by atoms with E-state index in [9.17, 15) is 5.48 Å². The van der Waals surface area contributed by atoms with Crippen LogP contribution in [0.2, 0.25) is 0 Å². The molecule has 0 saturated carbocycles. The van der Waals surface area contributed by atoms with E-state index in [0.717, 1.165) is 54.8 Å². The van der Waals surface area contributed by atoms with E-state index in [4.69, 9.17) is 16.8 Å². The molecule has 11 aromatic rings. The van der Waals surface area contributed by atoms with Gasteiger partial charge in [0.15, 0.2) is 0 Å². The van der Waals surface area contributed by atoms with Crippen LogP contribution in [0.5, 0.6) is 0 Å². The van der Waals surface area contributed by atoms with Crippen LogP contribution in [-0.4, -0.2) is 0 Å². The van der Waals surface area contributed by atoms with Gasteiger partial charge in [0.05, 0.1) is 17.8 Å². The molecule has 0 saturated heterocycles. The van der Waals surface area contributed by atoms with Crippen molar-refractivity contribution in [2.45, 2.75) is 0 Å². The van der Waals surface area contributed by atoms with Crippen LogP contribution in [0.4, 0.5) is 0 Å². The first-order valence-electron chi connectivity index (χ1n) is 23.7. The second-order valence-corrected chi connectivity index (χ2v) is 13.0. The Morgan fingerprint density at radius 2 is 0.887 bits per heavy atom. The van der Waals surface area contributed by atoms with Crippen LogP contribution in [0.1, 0.15) is 17.8 Å². The van der Waals surface area contributed by atoms with E-state index >= 15 is 0 Å². The van der Waals surface area contributed by atoms with Gasteiger partial charge in [-0.2, -0.15) is 0 Å². The number of benzene rings is 10. The fourth-order valence-electron chi connectivity index (χ4n) is 7.88. The highest BCUT2D eigenvalue weighted by Crippen LogP contribution is 2.47. The monoisotopic (exact) mass is 685 g/mol. The standard InChI is InChI=1S/C52H32O/c1-2-14-34(15-3-1)51-43-20-8-10-22-45(43)52(46-23-11-9-21-44(46)51)47-29-28-39(40-18-6-7-19-41(40)47)36-25-27-42-48-31-35(26-30-49(48)53-50(42)32-36)38-24-12-16-33-13-4-5-17-37(33)38/h1-32H/i1D,2D,3D,8D,9D,10D,11D,14D,15D,20D,21D,22D,23D. The van der Waals surface area contributed by atoms with Gasteiger partial charge >= 0.3 is 0 Å². The molecule has 0 amide bonds. The van der Waals surface area contributed by atoms with Gasteiger partial charge in [0.25, 0.3) is 0 Å². The van der Waals surface area contributed by atoms with Crippen molar-refractivity contribution in [3.63, 3.8) is 0 Å². The molecule has 1 heterocycles. The Hall–Kier alpha value is -6.96. The van der Waals surface area contributed by atoms with Crippen LogP contribution >= 0.6 is 0 Å².